The number of aliphatic imine (C=N–C) groups is 1. The number of hydrogen-bond donors (Lipinski definition) is 10. The zero-order valence-electron chi connectivity index (χ0n) is 26.5. The first-order chi connectivity index (χ1) is 24.0. The number of nitrogens with one attached hydrogen (secondary N) is 4. The highest BCUT2D eigenvalue weighted by atomic mass is 32.2. The molecule has 2 aromatic heterocycles. The molecule has 2 atom stereocenters. The molecule has 0 saturated carbocycles. The van der Waals surface area contributed by atoms with Crippen LogP contribution in [0.15, 0.2) is 29.3 Å². The molecule has 0 amide bonds. The highest BCUT2D eigenvalue weighted by Crippen LogP contribution is 2.24. The molecule has 0 bridgehead atoms. The molecule has 276 valence electrons. The second kappa shape index (κ2) is 20.4. The summed E-state index contributed by atoms with van der Waals surface area (Å²) in [6.07, 6.45) is 0.178. The van der Waals surface area contributed by atoms with Crippen molar-refractivity contribution in [1.29, 1.82) is 0 Å². The molecular formula is C24H38N14O10S2. The third-order valence-corrected chi connectivity index (χ3v) is 7.83. The molecule has 0 saturated heterocycles. The van der Waals surface area contributed by atoms with Gasteiger partial charge in [0.25, 0.3) is 16.1 Å². The van der Waals surface area contributed by atoms with Gasteiger partial charge < -0.3 is 46.6 Å². The number of aromatic nitrogens is 6. The average molecular weight is 747 g/mol. The number of benzene rings is 1. The summed E-state index contributed by atoms with van der Waals surface area (Å²) in [5, 5.41) is 49.6. The summed E-state index contributed by atoms with van der Waals surface area (Å²) in [6.45, 7) is 0.236. The largest absolute Gasteiger partial charge is 0.396 e. The van der Waals surface area contributed by atoms with E-state index in [9.17, 15) is 33.1 Å². The van der Waals surface area contributed by atoms with E-state index in [1.807, 2.05) is 0 Å². The topological polar surface area (TPSA) is 353 Å². The Bertz CT molecular complexity index is 1690. The van der Waals surface area contributed by atoms with Gasteiger partial charge in [0, 0.05) is 37.6 Å². The van der Waals surface area contributed by atoms with Gasteiger partial charge in [0.2, 0.25) is 40.8 Å². The van der Waals surface area contributed by atoms with Crippen LogP contribution in [0.5, 0.6) is 0 Å². The maximum absolute atomic E-state index is 12.1. The molecule has 0 aliphatic carbocycles. The van der Waals surface area contributed by atoms with Crippen LogP contribution in [0.4, 0.5) is 47.1 Å². The Morgan fingerprint density at radius 2 is 1.56 bits per heavy atom. The number of hydrogen-bond acceptors (Lipinski definition) is 24. The molecule has 0 radical (unpaired) electrons. The average Bonchev–Trinajstić information content (AvgIpc) is 3.08. The van der Waals surface area contributed by atoms with Gasteiger partial charge in [-0.3, -0.25) is 0 Å². The number of nitrogens with zero attached hydrogens (tertiary/aromatic N) is 8. The van der Waals surface area contributed by atoms with E-state index in [1.54, 1.807) is 24.3 Å². The van der Waals surface area contributed by atoms with E-state index in [0.29, 0.717) is 11.4 Å². The molecule has 3 aromatic rings. The Morgan fingerprint density at radius 1 is 0.940 bits per heavy atom. The van der Waals surface area contributed by atoms with Gasteiger partial charge in [0.15, 0.2) is 0 Å². The predicted molar refractivity (Wildman–Crippen MR) is 180 cm³/mol. The first-order valence-electron chi connectivity index (χ1n) is 14.5. The van der Waals surface area contributed by atoms with Crippen molar-refractivity contribution < 1.29 is 46.7 Å². The lowest BCUT2D eigenvalue weighted by molar-refractivity contribution is -0.199. The van der Waals surface area contributed by atoms with E-state index in [2.05, 4.69) is 69.8 Å². The standard InChI is InChI=1S/C24H38N14O10S2/c1-15(49(43)48-46-25)28-20-33-21(35-22(34-20)31-18(14-42)5-9-39)29-16-3-2-4-17(13-16)30-23-32-19(27-6-12-50(44,45)47-26)36-24(37-23)38(7-10-40)8-11-41/h2-4,13,18,39-42H,5-12,14,25-26H2,1H3,(H2,27,30,32,36,37)(H2,29,31,33,34,35). The fourth-order valence-corrected chi connectivity index (χ4v) is 4.58. The van der Waals surface area contributed by atoms with E-state index in [0.717, 1.165) is 0 Å². The minimum Gasteiger partial charge on any atom is -0.396 e. The molecule has 0 spiro atoms. The van der Waals surface area contributed by atoms with Gasteiger partial charge in [0.1, 0.15) is 5.04 Å². The lowest BCUT2D eigenvalue weighted by Gasteiger charge is -2.21. The van der Waals surface area contributed by atoms with Crippen LogP contribution in [0.3, 0.4) is 0 Å². The molecule has 0 aliphatic rings. The third-order valence-electron chi connectivity index (χ3n) is 6.06. The number of rotatable bonds is 22. The maximum atomic E-state index is 12.1. The Hall–Kier alpha value is -4.35. The van der Waals surface area contributed by atoms with Crippen LogP contribution in [0.1, 0.15) is 13.3 Å². The number of nitrogens with two attached hydrogens (primary N) is 2. The van der Waals surface area contributed by atoms with Crippen molar-refractivity contribution in [2.24, 2.45) is 16.8 Å². The number of anilines is 7. The fraction of sp³-hybridized carbons (Fsp3) is 0.458. The van der Waals surface area contributed by atoms with E-state index < -0.39 is 33.0 Å². The lowest BCUT2D eigenvalue weighted by atomic mass is 10.2. The van der Waals surface area contributed by atoms with Gasteiger partial charge in [-0.15, -0.1) is 9.32 Å². The predicted octanol–water partition coefficient (Wildman–Crippen LogP) is -2.34. The number of aliphatic hydroxyl groups is 4. The fourth-order valence-electron chi connectivity index (χ4n) is 3.81. The van der Waals surface area contributed by atoms with Crippen molar-refractivity contribution in [3.8, 4) is 0 Å². The monoisotopic (exact) mass is 746 g/mol. The highest BCUT2D eigenvalue weighted by Gasteiger charge is 2.17. The highest BCUT2D eigenvalue weighted by molar-refractivity contribution is 7.96. The smallest absolute Gasteiger partial charge is 0.284 e. The third kappa shape index (κ3) is 13.2. The Labute approximate surface area is 288 Å². The second-order valence-corrected chi connectivity index (χ2v) is 12.6. The van der Waals surface area contributed by atoms with Gasteiger partial charge in [-0.05, 0) is 31.5 Å². The van der Waals surface area contributed by atoms with Crippen LogP contribution >= 0.6 is 0 Å². The maximum Gasteiger partial charge on any atom is 0.284 e. The van der Waals surface area contributed by atoms with Crippen LogP contribution in [0.25, 0.3) is 0 Å². The minimum atomic E-state index is -3.98. The zero-order chi connectivity index (χ0) is 36.5. The molecule has 26 heteroatoms. The summed E-state index contributed by atoms with van der Waals surface area (Å²) in [5.41, 5.74) is 0.894. The quantitative estimate of drug-likeness (QED) is 0.0223. The molecule has 0 fully saturated rings. The summed E-state index contributed by atoms with van der Waals surface area (Å²) in [4.78, 5) is 35.1. The normalized spacial score (nSPS) is 13.1. The Kier molecular flexibility index (Phi) is 16.3. The summed E-state index contributed by atoms with van der Waals surface area (Å²) >= 11 is -2.18. The number of aliphatic hydroxyl groups excluding tert-OH is 4. The molecule has 3 rings (SSSR count). The Balaban J connectivity index is 1.93. The van der Waals surface area contributed by atoms with Crippen LogP contribution < -0.4 is 38.0 Å². The molecule has 12 N–H and O–H groups in total. The van der Waals surface area contributed by atoms with Gasteiger partial charge in [-0.2, -0.15) is 54.4 Å². The van der Waals surface area contributed by atoms with Crippen molar-refractivity contribution in [2.75, 3.05) is 78.0 Å². The van der Waals surface area contributed by atoms with Crippen molar-refractivity contribution in [2.45, 2.75) is 19.4 Å². The van der Waals surface area contributed by atoms with Crippen LogP contribution in [0, 0.1) is 0 Å². The molecule has 24 nitrogen and oxygen atoms in total. The SMILES string of the molecule is CC(=Nc1nc(Nc2cccc(Nc3nc(NCCS(=O)(=O)ON)nc(N(CCO)CCO)n3)c2)nc(NC(CO)CCO)n1)S(=O)OON. The van der Waals surface area contributed by atoms with Crippen molar-refractivity contribution in [3.63, 3.8) is 0 Å². The summed E-state index contributed by atoms with van der Waals surface area (Å²) in [6, 6.07) is 6.05. The lowest BCUT2D eigenvalue weighted by Crippen LogP contribution is -2.32. The summed E-state index contributed by atoms with van der Waals surface area (Å²) < 4.78 is 43.7. The molecule has 2 heterocycles. The van der Waals surface area contributed by atoms with Gasteiger partial charge >= 0.3 is 0 Å². The second-order valence-electron chi connectivity index (χ2n) is 9.68. The van der Waals surface area contributed by atoms with E-state index in [-0.39, 0.29) is 93.2 Å². The van der Waals surface area contributed by atoms with Gasteiger partial charge in [-0.25, -0.2) is 9.20 Å². The van der Waals surface area contributed by atoms with Crippen LogP contribution in [-0.2, 0) is 34.8 Å². The minimum absolute atomic E-state index is 0.0165. The van der Waals surface area contributed by atoms with Crippen LogP contribution in [0.2, 0.25) is 0 Å². The Morgan fingerprint density at radius 3 is 2.16 bits per heavy atom. The van der Waals surface area contributed by atoms with E-state index >= 15 is 0 Å². The van der Waals surface area contributed by atoms with E-state index in [1.165, 1.54) is 11.8 Å². The van der Waals surface area contributed by atoms with E-state index in [4.69, 9.17) is 11.8 Å². The molecule has 50 heavy (non-hydrogen) atoms. The van der Waals surface area contributed by atoms with Crippen molar-refractivity contribution in [1.82, 2.24) is 29.9 Å². The molecule has 0 aliphatic heterocycles. The first-order valence-corrected chi connectivity index (χ1v) is 17.1. The van der Waals surface area contributed by atoms with Crippen molar-refractivity contribution >= 4 is 73.3 Å². The molecule has 1 aromatic carbocycles. The molecular weight excluding hydrogens is 708 g/mol. The summed E-state index contributed by atoms with van der Waals surface area (Å²) in [7, 11) is -3.98. The van der Waals surface area contributed by atoms with Gasteiger partial charge in [0.05, 0.1) is 31.6 Å². The first kappa shape index (κ1) is 40.1. The molecule has 2 unspecified atom stereocenters. The van der Waals surface area contributed by atoms with Crippen LogP contribution in [-0.4, -0.2) is 126 Å². The van der Waals surface area contributed by atoms with Crippen molar-refractivity contribution in [3.05, 3.63) is 24.3 Å². The summed E-state index contributed by atoms with van der Waals surface area (Å²) in [5.74, 6) is 8.90. The van der Waals surface area contributed by atoms with Gasteiger partial charge in [-0.1, -0.05) is 6.07 Å². The zero-order valence-corrected chi connectivity index (χ0v) is 28.2.